The fourth-order valence-electron chi connectivity index (χ4n) is 0.923. The van der Waals surface area contributed by atoms with E-state index in [1.165, 1.54) is 0 Å². The van der Waals surface area contributed by atoms with Gasteiger partial charge in [-0.15, -0.1) is 11.3 Å². The van der Waals surface area contributed by atoms with Gasteiger partial charge in [-0.2, -0.15) is 0 Å². The molecule has 15 heavy (non-hydrogen) atoms. The lowest BCUT2D eigenvalue weighted by Crippen LogP contribution is -2.11. The van der Waals surface area contributed by atoms with E-state index in [0.29, 0.717) is 26.4 Å². The third kappa shape index (κ3) is 6.43. The minimum absolute atomic E-state index is 0.148. The first-order chi connectivity index (χ1) is 7.43. The number of ether oxygens (including phenoxy) is 3. The summed E-state index contributed by atoms with van der Waals surface area (Å²) in [6.07, 6.45) is 0. The second-order valence-electron chi connectivity index (χ2n) is 2.69. The molecule has 0 aliphatic carbocycles. The molecule has 0 aliphatic rings. The molecule has 0 unspecified atom stereocenters. The number of hydrogen-bond acceptors (Lipinski definition) is 4. The fourth-order valence-corrected chi connectivity index (χ4v) is 1.52. The van der Waals surface area contributed by atoms with Crippen molar-refractivity contribution in [2.45, 2.75) is 0 Å². The zero-order valence-corrected chi connectivity index (χ0v) is 9.30. The van der Waals surface area contributed by atoms with Crippen LogP contribution in [0.5, 0.6) is 5.06 Å². The van der Waals surface area contributed by atoms with Crippen LogP contribution in [0.15, 0.2) is 17.5 Å². The van der Waals surface area contributed by atoms with Gasteiger partial charge in [0.25, 0.3) is 0 Å². The molecule has 0 fully saturated rings. The molecule has 0 spiro atoms. The second kappa shape index (κ2) is 8.64. The lowest BCUT2D eigenvalue weighted by molar-refractivity contribution is 0.0329. The van der Waals surface area contributed by atoms with Crippen LogP contribution >= 0.6 is 11.3 Å². The van der Waals surface area contributed by atoms with Crippen molar-refractivity contribution in [2.24, 2.45) is 0 Å². The van der Waals surface area contributed by atoms with Crippen molar-refractivity contribution in [3.8, 4) is 5.06 Å². The predicted molar refractivity (Wildman–Crippen MR) is 57.4 cm³/mol. The Balaban J connectivity index is 1.81. The van der Waals surface area contributed by atoms with Gasteiger partial charge in [0.1, 0.15) is 13.3 Å². The minimum atomic E-state index is -0.443. The third-order valence-electron chi connectivity index (χ3n) is 1.56. The van der Waals surface area contributed by atoms with Crippen LogP contribution in [-0.4, -0.2) is 39.7 Å². The first-order valence-corrected chi connectivity index (χ1v) is 5.69. The lowest BCUT2D eigenvalue weighted by Gasteiger charge is -2.05. The van der Waals surface area contributed by atoms with Crippen LogP contribution in [0.2, 0.25) is 0 Å². The van der Waals surface area contributed by atoms with Crippen LogP contribution in [0.25, 0.3) is 0 Å². The Morgan fingerprint density at radius 1 is 1.07 bits per heavy atom. The number of thiophene rings is 1. The zero-order valence-electron chi connectivity index (χ0n) is 8.49. The Kier molecular flexibility index (Phi) is 7.16. The molecule has 1 rings (SSSR count). The summed E-state index contributed by atoms with van der Waals surface area (Å²) in [6.45, 7) is 1.67. The van der Waals surface area contributed by atoms with Crippen molar-refractivity contribution in [2.75, 3.05) is 39.7 Å². The standard InChI is InChI=1S/C10H15FO3S/c11-3-4-12-5-6-13-7-8-14-10-2-1-9-15-10/h1-2,9H,3-8H2. The number of halogens is 1. The summed E-state index contributed by atoms with van der Waals surface area (Å²) in [5, 5.41) is 2.85. The molecular formula is C10H15FO3S. The Hall–Kier alpha value is -0.650. The molecule has 5 heteroatoms. The normalized spacial score (nSPS) is 10.5. The van der Waals surface area contributed by atoms with Crippen molar-refractivity contribution < 1.29 is 18.6 Å². The van der Waals surface area contributed by atoms with E-state index in [-0.39, 0.29) is 6.61 Å². The molecule has 0 amide bonds. The van der Waals surface area contributed by atoms with E-state index in [1.807, 2.05) is 17.5 Å². The third-order valence-corrected chi connectivity index (χ3v) is 2.34. The van der Waals surface area contributed by atoms with Gasteiger partial charge in [-0.25, -0.2) is 4.39 Å². The summed E-state index contributed by atoms with van der Waals surface area (Å²) in [6, 6.07) is 3.85. The molecule has 0 bridgehead atoms. The van der Waals surface area contributed by atoms with Crippen molar-refractivity contribution >= 4 is 11.3 Å². The molecule has 0 N–H and O–H groups in total. The molecule has 0 atom stereocenters. The summed E-state index contributed by atoms with van der Waals surface area (Å²) in [5.41, 5.74) is 0. The Morgan fingerprint density at radius 3 is 2.47 bits per heavy atom. The summed E-state index contributed by atoms with van der Waals surface area (Å²) < 4.78 is 27.1. The van der Waals surface area contributed by atoms with Crippen LogP contribution < -0.4 is 4.74 Å². The van der Waals surface area contributed by atoms with Gasteiger partial charge in [0.05, 0.1) is 26.4 Å². The van der Waals surface area contributed by atoms with Crippen molar-refractivity contribution in [1.82, 2.24) is 0 Å². The van der Waals surface area contributed by atoms with Gasteiger partial charge in [0.15, 0.2) is 5.06 Å². The molecule has 0 aromatic carbocycles. The van der Waals surface area contributed by atoms with Gasteiger partial charge < -0.3 is 14.2 Å². The quantitative estimate of drug-likeness (QED) is 0.613. The maximum Gasteiger partial charge on any atom is 0.173 e. The molecular weight excluding hydrogens is 219 g/mol. The monoisotopic (exact) mass is 234 g/mol. The van der Waals surface area contributed by atoms with Crippen LogP contribution in [0.1, 0.15) is 0 Å². The maximum atomic E-state index is 11.6. The SMILES string of the molecule is FCCOCCOCCOc1cccs1. The van der Waals surface area contributed by atoms with Crippen LogP contribution in [0, 0.1) is 0 Å². The molecule has 0 radical (unpaired) electrons. The molecule has 86 valence electrons. The Labute approximate surface area is 92.8 Å². The predicted octanol–water partition coefficient (Wildman–Crippen LogP) is 2.13. The highest BCUT2D eigenvalue weighted by Gasteiger charge is 1.93. The minimum Gasteiger partial charge on any atom is -0.482 e. The van der Waals surface area contributed by atoms with Gasteiger partial charge >= 0.3 is 0 Å². The van der Waals surface area contributed by atoms with Gasteiger partial charge in [0.2, 0.25) is 0 Å². The average Bonchev–Trinajstić information content (AvgIpc) is 2.75. The highest BCUT2D eigenvalue weighted by atomic mass is 32.1. The van der Waals surface area contributed by atoms with E-state index in [9.17, 15) is 4.39 Å². The number of alkyl halides is 1. The van der Waals surface area contributed by atoms with Gasteiger partial charge in [-0.05, 0) is 17.5 Å². The maximum absolute atomic E-state index is 11.6. The van der Waals surface area contributed by atoms with Crippen molar-refractivity contribution in [1.29, 1.82) is 0 Å². The van der Waals surface area contributed by atoms with E-state index in [0.717, 1.165) is 5.06 Å². The molecule has 3 nitrogen and oxygen atoms in total. The molecule has 1 heterocycles. The molecule has 0 aliphatic heterocycles. The molecule has 0 saturated heterocycles. The van der Waals surface area contributed by atoms with E-state index >= 15 is 0 Å². The first-order valence-electron chi connectivity index (χ1n) is 4.81. The second-order valence-corrected chi connectivity index (χ2v) is 3.60. The largest absolute Gasteiger partial charge is 0.482 e. The van der Waals surface area contributed by atoms with Crippen molar-refractivity contribution in [3.63, 3.8) is 0 Å². The van der Waals surface area contributed by atoms with Gasteiger partial charge in [0, 0.05) is 0 Å². The van der Waals surface area contributed by atoms with Crippen LogP contribution in [-0.2, 0) is 9.47 Å². The smallest absolute Gasteiger partial charge is 0.173 e. The summed E-state index contributed by atoms with van der Waals surface area (Å²) >= 11 is 1.55. The van der Waals surface area contributed by atoms with Gasteiger partial charge in [-0.3, -0.25) is 0 Å². The summed E-state index contributed by atoms with van der Waals surface area (Å²) in [7, 11) is 0. The number of rotatable bonds is 9. The fraction of sp³-hybridized carbons (Fsp3) is 0.600. The van der Waals surface area contributed by atoms with E-state index in [4.69, 9.17) is 14.2 Å². The highest BCUT2D eigenvalue weighted by Crippen LogP contribution is 2.17. The van der Waals surface area contributed by atoms with E-state index < -0.39 is 6.67 Å². The molecule has 1 aromatic heterocycles. The van der Waals surface area contributed by atoms with Crippen LogP contribution in [0.3, 0.4) is 0 Å². The highest BCUT2D eigenvalue weighted by molar-refractivity contribution is 7.11. The van der Waals surface area contributed by atoms with E-state index in [1.54, 1.807) is 11.3 Å². The molecule has 0 saturated carbocycles. The first kappa shape index (κ1) is 12.4. The number of hydrogen-bond donors (Lipinski definition) is 0. The molecule has 1 aromatic rings. The Bertz CT molecular complexity index is 229. The topological polar surface area (TPSA) is 27.7 Å². The van der Waals surface area contributed by atoms with E-state index in [2.05, 4.69) is 0 Å². The lowest BCUT2D eigenvalue weighted by atomic mass is 10.6. The Morgan fingerprint density at radius 2 is 1.80 bits per heavy atom. The van der Waals surface area contributed by atoms with Gasteiger partial charge in [-0.1, -0.05) is 0 Å². The summed E-state index contributed by atoms with van der Waals surface area (Å²) in [5.74, 6) is 0. The average molecular weight is 234 g/mol. The zero-order chi connectivity index (χ0) is 10.8. The summed E-state index contributed by atoms with van der Waals surface area (Å²) in [4.78, 5) is 0. The van der Waals surface area contributed by atoms with Crippen LogP contribution in [0.4, 0.5) is 4.39 Å². The van der Waals surface area contributed by atoms with Crippen molar-refractivity contribution in [3.05, 3.63) is 17.5 Å².